The zero-order valence-electron chi connectivity index (χ0n) is 12.5. The van der Waals surface area contributed by atoms with E-state index < -0.39 is 0 Å². The van der Waals surface area contributed by atoms with Crippen molar-refractivity contribution < 1.29 is 9.21 Å². The molecular formula is C16H19N3O2. The van der Waals surface area contributed by atoms with E-state index in [2.05, 4.69) is 17.3 Å². The average Bonchev–Trinajstić information content (AvgIpc) is 2.84. The van der Waals surface area contributed by atoms with E-state index in [4.69, 9.17) is 4.42 Å². The lowest BCUT2D eigenvalue weighted by Gasteiger charge is -2.00. The van der Waals surface area contributed by atoms with Crippen LogP contribution in [0.5, 0.6) is 0 Å². The number of rotatable bonds is 4. The molecule has 5 nitrogen and oxygen atoms in total. The molecule has 1 saturated carbocycles. The van der Waals surface area contributed by atoms with Gasteiger partial charge in [0.15, 0.2) is 0 Å². The van der Waals surface area contributed by atoms with Crippen molar-refractivity contribution >= 4 is 17.8 Å². The molecule has 0 aliphatic heterocycles. The third-order valence-corrected chi connectivity index (χ3v) is 3.77. The molecule has 0 radical (unpaired) electrons. The number of hydrogen-bond donors (Lipinski definition) is 1. The van der Waals surface area contributed by atoms with Gasteiger partial charge in [-0.25, -0.2) is 0 Å². The van der Waals surface area contributed by atoms with Crippen LogP contribution in [0.3, 0.4) is 0 Å². The first-order valence-corrected chi connectivity index (χ1v) is 7.12. The Labute approximate surface area is 123 Å². The molecule has 2 aromatic heterocycles. The van der Waals surface area contributed by atoms with Gasteiger partial charge in [-0.1, -0.05) is 6.92 Å². The number of aryl methyl sites for hydroxylation is 2. The first-order valence-electron chi connectivity index (χ1n) is 7.12. The second-order valence-corrected chi connectivity index (χ2v) is 5.68. The minimum atomic E-state index is -0.198. The predicted molar refractivity (Wildman–Crippen MR) is 80.8 cm³/mol. The smallest absolute Gasteiger partial charge is 0.249 e. The van der Waals surface area contributed by atoms with E-state index >= 15 is 0 Å². The van der Waals surface area contributed by atoms with Gasteiger partial charge >= 0.3 is 0 Å². The maximum atomic E-state index is 11.9. The predicted octanol–water partition coefficient (Wildman–Crippen LogP) is 3.10. The second kappa shape index (κ2) is 5.24. The molecule has 0 saturated heterocycles. The van der Waals surface area contributed by atoms with Crippen molar-refractivity contribution in [2.24, 2.45) is 13.0 Å². The van der Waals surface area contributed by atoms with Crippen LogP contribution < -0.4 is 5.32 Å². The summed E-state index contributed by atoms with van der Waals surface area (Å²) in [6.07, 6.45) is 4.35. The number of carbonyl (C=O) groups excluding carboxylic acids is 1. The van der Waals surface area contributed by atoms with Crippen LogP contribution in [0.2, 0.25) is 0 Å². The average molecular weight is 285 g/mol. The molecule has 1 N–H and O–H groups in total. The van der Waals surface area contributed by atoms with Crippen LogP contribution >= 0.6 is 0 Å². The van der Waals surface area contributed by atoms with Crippen LogP contribution in [0.15, 0.2) is 28.7 Å². The maximum absolute atomic E-state index is 11.9. The third kappa shape index (κ3) is 3.07. The molecular weight excluding hydrogens is 266 g/mol. The summed E-state index contributed by atoms with van der Waals surface area (Å²) in [5.74, 6) is 3.47. The number of carbonyl (C=O) groups is 1. The van der Waals surface area contributed by atoms with Gasteiger partial charge in [0, 0.05) is 25.1 Å². The van der Waals surface area contributed by atoms with E-state index in [1.165, 1.54) is 12.5 Å². The summed E-state index contributed by atoms with van der Waals surface area (Å²) in [6, 6.07) is 5.72. The van der Waals surface area contributed by atoms with E-state index in [0.717, 1.165) is 11.5 Å². The molecule has 5 heteroatoms. The van der Waals surface area contributed by atoms with Gasteiger partial charge < -0.3 is 9.73 Å². The van der Waals surface area contributed by atoms with E-state index in [9.17, 15) is 4.79 Å². The lowest BCUT2D eigenvalue weighted by molar-refractivity contribution is -0.111. The molecule has 21 heavy (non-hydrogen) atoms. The van der Waals surface area contributed by atoms with Crippen molar-refractivity contribution in [3.63, 3.8) is 0 Å². The minimum absolute atomic E-state index is 0.198. The van der Waals surface area contributed by atoms with Gasteiger partial charge in [-0.15, -0.1) is 0 Å². The van der Waals surface area contributed by atoms with E-state index in [1.807, 2.05) is 25.1 Å². The Balaban J connectivity index is 1.61. The standard InChI is InChI=1S/C16H19N3O2/c1-10-8-13(10)14-6-4-12(21-14)5-7-16(20)17-15-9-11(2)18-19(15)3/h4-7,9-10,13H,8H2,1-3H3,(H,17,20)/b7-5+. The molecule has 0 bridgehead atoms. The zero-order chi connectivity index (χ0) is 15.0. The van der Waals surface area contributed by atoms with Crippen LogP contribution in [-0.2, 0) is 11.8 Å². The normalized spacial score (nSPS) is 20.9. The number of amides is 1. The first-order chi connectivity index (χ1) is 10.0. The monoisotopic (exact) mass is 285 g/mol. The second-order valence-electron chi connectivity index (χ2n) is 5.68. The van der Waals surface area contributed by atoms with Crippen LogP contribution in [-0.4, -0.2) is 15.7 Å². The number of anilines is 1. The van der Waals surface area contributed by atoms with Gasteiger partial charge in [0.25, 0.3) is 0 Å². The third-order valence-electron chi connectivity index (χ3n) is 3.77. The Hall–Kier alpha value is -2.30. The lowest BCUT2D eigenvalue weighted by Crippen LogP contribution is -2.11. The van der Waals surface area contributed by atoms with Gasteiger partial charge in [-0.3, -0.25) is 9.48 Å². The molecule has 2 unspecified atom stereocenters. The highest BCUT2D eigenvalue weighted by molar-refractivity contribution is 6.01. The summed E-state index contributed by atoms with van der Waals surface area (Å²) in [5.41, 5.74) is 0.867. The number of aromatic nitrogens is 2. The van der Waals surface area contributed by atoms with Crippen molar-refractivity contribution in [2.75, 3.05) is 5.32 Å². The fourth-order valence-corrected chi connectivity index (χ4v) is 2.43. The fraction of sp³-hybridized carbons (Fsp3) is 0.375. The quantitative estimate of drug-likeness (QED) is 0.878. The maximum Gasteiger partial charge on any atom is 0.249 e. The number of furan rings is 1. The summed E-state index contributed by atoms with van der Waals surface area (Å²) >= 11 is 0. The molecule has 2 aromatic rings. The lowest BCUT2D eigenvalue weighted by atomic mass is 10.3. The summed E-state index contributed by atoms with van der Waals surface area (Å²) in [6.45, 7) is 4.10. The molecule has 110 valence electrons. The Kier molecular flexibility index (Phi) is 3.41. The number of hydrogen-bond acceptors (Lipinski definition) is 3. The van der Waals surface area contributed by atoms with Crippen molar-refractivity contribution in [1.82, 2.24) is 9.78 Å². The topological polar surface area (TPSA) is 60.1 Å². The van der Waals surface area contributed by atoms with Crippen molar-refractivity contribution in [2.45, 2.75) is 26.2 Å². The molecule has 1 aliphatic carbocycles. The van der Waals surface area contributed by atoms with E-state index in [1.54, 1.807) is 17.8 Å². The highest BCUT2D eigenvalue weighted by Gasteiger charge is 2.36. The summed E-state index contributed by atoms with van der Waals surface area (Å²) in [5, 5.41) is 6.96. The summed E-state index contributed by atoms with van der Waals surface area (Å²) in [4.78, 5) is 11.9. The Morgan fingerprint density at radius 2 is 2.29 bits per heavy atom. The van der Waals surface area contributed by atoms with Crippen LogP contribution in [0, 0.1) is 12.8 Å². The fourth-order valence-electron chi connectivity index (χ4n) is 2.43. The molecule has 2 atom stereocenters. The first kappa shape index (κ1) is 13.7. The van der Waals surface area contributed by atoms with Gasteiger partial charge in [0.1, 0.15) is 17.3 Å². The van der Waals surface area contributed by atoms with Crippen molar-refractivity contribution in [3.8, 4) is 0 Å². The van der Waals surface area contributed by atoms with Crippen LogP contribution in [0.1, 0.15) is 36.5 Å². The Bertz CT molecular complexity index is 696. The number of nitrogens with zero attached hydrogens (tertiary/aromatic N) is 2. The minimum Gasteiger partial charge on any atom is -0.461 e. The van der Waals surface area contributed by atoms with E-state index in [-0.39, 0.29) is 5.91 Å². The number of nitrogens with one attached hydrogen (secondary N) is 1. The van der Waals surface area contributed by atoms with Crippen molar-refractivity contribution in [3.05, 3.63) is 41.5 Å². The van der Waals surface area contributed by atoms with E-state index in [0.29, 0.717) is 23.4 Å². The molecule has 0 spiro atoms. The zero-order valence-corrected chi connectivity index (χ0v) is 12.5. The van der Waals surface area contributed by atoms with Crippen LogP contribution in [0.4, 0.5) is 5.82 Å². The molecule has 2 heterocycles. The Morgan fingerprint density at radius 3 is 2.90 bits per heavy atom. The van der Waals surface area contributed by atoms with Gasteiger partial charge in [0.05, 0.1) is 5.69 Å². The SMILES string of the molecule is Cc1cc(NC(=O)/C=C/c2ccc(C3CC3C)o2)n(C)n1. The van der Waals surface area contributed by atoms with Gasteiger partial charge in [0.2, 0.25) is 5.91 Å². The summed E-state index contributed by atoms with van der Waals surface area (Å²) in [7, 11) is 1.79. The molecule has 3 rings (SSSR count). The van der Waals surface area contributed by atoms with Crippen LogP contribution in [0.25, 0.3) is 6.08 Å². The Morgan fingerprint density at radius 1 is 1.52 bits per heavy atom. The molecule has 1 aliphatic rings. The summed E-state index contributed by atoms with van der Waals surface area (Å²) < 4.78 is 7.36. The molecule has 1 amide bonds. The molecule has 1 fully saturated rings. The van der Waals surface area contributed by atoms with Gasteiger partial charge in [-0.2, -0.15) is 5.10 Å². The molecule has 0 aromatic carbocycles. The van der Waals surface area contributed by atoms with Crippen molar-refractivity contribution in [1.29, 1.82) is 0 Å². The highest BCUT2D eigenvalue weighted by Crippen LogP contribution is 2.47. The van der Waals surface area contributed by atoms with Gasteiger partial charge in [-0.05, 0) is 37.5 Å². The highest BCUT2D eigenvalue weighted by atomic mass is 16.3. The largest absolute Gasteiger partial charge is 0.461 e.